The second kappa shape index (κ2) is 7.76. The van der Waals surface area contributed by atoms with Crippen molar-refractivity contribution in [3.8, 4) is 0 Å². The van der Waals surface area contributed by atoms with Crippen molar-refractivity contribution in [3.63, 3.8) is 0 Å². The Morgan fingerprint density at radius 3 is 2.48 bits per heavy atom. The van der Waals surface area contributed by atoms with Crippen LogP contribution in [0.5, 0.6) is 0 Å². The lowest BCUT2D eigenvalue weighted by molar-refractivity contribution is -0.141. The highest BCUT2D eigenvalue weighted by Crippen LogP contribution is 2.27. The number of carboxylic acid groups (broad SMARTS) is 1. The van der Waals surface area contributed by atoms with Gasteiger partial charge in [0, 0.05) is 18.2 Å². The molecule has 23 heavy (non-hydrogen) atoms. The van der Waals surface area contributed by atoms with Crippen molar-refractivity contribution in [1.82, 2.24) is 5.32 Å². The molecule has 2 rings (SSSR count). The minimum absolute atomic E-state index is 0.0243. The molecule has 1 atom stereocenters. The van der Waals surface area contributed by atoms with E-state index in [0.717, 1.165) is 32.1 Å². The van der Waals surface area contributed by atoms with Gasteiger partial charge in [0.25, 0.3) is 5.91 Å². The highest BCUT2D eigenvalue weighted by atomic mass is 16.4. The molecule has 6 heteroatoms. The van der Waals surface area contributed by atoms with E-state index in [9.17, 15) is 19.5 Å². The summed E-state index contributed by atoms with van der Waals surface area (Å²) in [7, 11) is 0. The molecular weight excluding hydrogens is 296 g/mol. The molecule has 0 bridgehead atoms. The minimum atomic E-state index is -0.997. The highest BCUT2D eigenvalue weighted by molar-refractivity contribution is 5.98. The Bertz CT molecular complexity index is 594. The number of anilines is 1. The lowest BCUT2D eigenvalue weighted by Gasteiger charge is -2.28. The molecule has 0 spiro atoms. The number of rotatable bonds is 5. The third-order valence-corrected chi connectivity index (χ3v) is 4.12. The van der Waals surface area contributed by atoms with Crippen LogP contribution >= 0.6 is 0 Å². The van der Waals surface area contributed by atoms with E-state index in [1.165, 1.54) is 13.0 Å². The van der Waals surface area contributed by atoms with Gasteiger partial charge in [-0.1, -0.05) is 25.3 Å². The first-order valence-corrected chi connectivity index (χ1v) is 7.88. The van der Waals surface area contributed by atoms with Crippen LogP contribution in [0.15, 0.2) is 24.3 Å². The summed E-state index contributed by atoms with van der Waals surface area (Å²) in [4.78, 5) is 34.9. The second-order valence-electron chi connectivity index (χ2n) is 5.95. The Morgan fingerprint density at radius 1 is 1.17 bits per heavy atom. The van der Waals surface area contributed by atoms with Crippen LogP contribution in [0.4, 0.5) is 5.69 Å². The maximum absolute atomic E-state index is 12.4. The van der Waals surface area contributed by atoms with Gasteiger partial charge in [0.05, 0.1) is 0 Å². The molecule has 6 nitrogen and oxygen atoms in total. The van der Waals surface area contributed by atoms with E-state index in [1.54, 1.807) is 18.2 Å². The first kappa shape index (κ1) is 17.0. The van der Waals surface area contributed by atoms with E-state index < -0.39 is 17.9 Å². The number of carboxylic acids is 1. The molecule has 0 saturated heterocycles. The van der Waals surface area contributed by atoms with Crippen molar-refractivity contribution in [2.45, 2.75) is 45.1 Å². The van der Waals surface area contributed by atoms with E-state index in [1.807, 2.05) is 0 Å². The van der Waals surface area contributed by atoms with Crippen LogP contribution in [0.2, 0.25) is 0 Å². The lowest BCUT2D eigenvalue weighted by atomic mass is 9.84. The van der Waals surface area contributed by atoms with Crippen molar-refractivity contribution in [3.05, 3.63) is 29.8 Å². The third kappa shape index (κ3) is 4.81. The molecule has 1 aliphatic carbocycles. The molecule has 1 fully saturated rings. The van der Waals surface area contributed by atoms with Crippen molar-refractivity contribution >= 4 is 23.5 Å². The predicted octanol–water partition coefficient (Wildman–Crippen LogP) is 2.41. The zero-order valence-electron chi connectivity index (χ0n) is 13.2. The van der Waals surface area contributed by atoms with Crippen LogP contribution in [-0.4, -0.2) is 28.9 Å². The van der Waals surface area contributed by atoms with Crippen LogP contribution < -0.4 is 10.6 Å². The molecule has 0 unspecified atom stereocenters. The van der Waals surface area contributed by atoms with Crippen molar-refractivity contribution in [2.75, 3.05) is 5.32 Å². The number of nitrogens with one attached hydrogen (secondary N) is 2. The number of benzene rings is 1. The molecule has 124 valence electrons. The van der Waals surface area contributed by atoms with Crippen LogP contribution in [0.1, 0.15) is 49.4 Å². The lowest BCUT2D eigenvalue weighted by Crippen LogP contribution is -2.46. The largest absolute Gasteiger partial charge is 0.480 e. The van der Waals surface area contributed by atoms with Gasteiger partial charge in [-0.05, 0) is 37.0 Å². The monoisotopic (exact) mass is 318 g/mol. The summed E-state index contributed by atoms with van der Waals surface area (Å²) in [5.74, 6) is -1.68. The van der Waals surface area contributed by atoms with Gasteiger partial charge in [-0.3, -0.25) is 9.59 Å². The number of amides is 2. The van der Waals surface area contributed by atoms with Crippen LogP contribution in [-0.2, 0) is 9.59 Å². The predicted molar refractivity (Wildman–Crippen MR) is 86.2 cm³/mol. The average Bonchev–Trinajstić information content (AvgIpc) is 2.52. The molecule has 1 saturated carbocycles. The van der Waals surface area contributed by atoms with Gasteiger partial charge in [-0.15, -0.1) is 0 Å². The Kier molecular flexibility index (Phi) is 5.73. The van der Waals surface area contributed by atoms with Crippen molar-refractivity contribution in [2.24, 2.45) is 5.92 Å². The summed E-state index contributed by atoms with van der Waals surface area (Å²) in [6.07, 6.45) is 4.77. The number of carbonyl (C=O) groups excluding carboxylic acids is 2. The molecule has 1 aliphatic rings. The van der Waals surface area contributed by atoms with Gasteiger partial charge in [-0.2, -0.15) is 0 Å². The average molecular weight is 318 g/mol. The molecule has 0 radical (unpaired) electrons. The SMILES string of the molecule is CC(=O)Nc1cccc(C(=O)N[C@H](C(=O)O)C2CCCCC2)c1. The summed E-state index contributed by atoms with van der Waals surface area (Å²) in [6, 6.07) is 5.59. The van der Waals surface area contributed by atoms with Crippen LogP contribution in [0.25, 0.3) is 0 Å². The highest BCUT2D eigenvalue weighted by Gasteiger charge is 2.30. The summed E-state index contributed by atoms with van der Waals surface area (Å²) in [5.41, 5.74) is 0.841. The van der Waals surface area contributed by atoms with Gasteiger partial charge in [0.15, 0.2) is 0 Å². The fourth-order valence-electron chi connectivity index (χ4n) is 3.01. The first-order valence-electron chi connectivity index (χ1n) is 7.88. The van der Waals surface area contributed by atoms with Crippen molar-refractivity contribution in [1.29, 1.82) is 0 Å². The Hall–Kier alpha value is -2.37. The Labute approximate surface area is 135 Å². The number of hydrogen-bond donors (Lipinski definition) is 3. The standard InChI is InChI=1S/C17H22N2O4/c1-11(20)18-14-9-5-8-13(10-14)16(21)19-15(17(22)23)12-6-3-2-4-7-12/h5,8-10,12,15H,2-4,6-7H2,1H3,(H,18,20)(H,19,21)(H,22,23)/t15-/m0/s1. The van der Waals surface area contributed by atoms with E-state index in [0.29, 0.717) is 11.3 Å². The van der Waals surface area contributed by atoms with Gasteiger partial charge >= 0.3 is 5.97 Å². The topological polar surface area (TPSA) is 95.5 Å². The fraction of sp³-hybridized carbons (Fsp3) is 0.471. The normalized spacial score (nSPS) is 16.4. The summed E-state index contributed by atoms with van der Waals surface area (Å²) in [5, 5.41) is 14.7. The molecular formula is C17H22N2O4. The first-order chi connectivity index (χ1) is 11.0. The van der Waals surface area contributed by atoms with Gasteiger partial charge < -0.3 is 15.7 Å². The Balaban J connectivity index is 2.09. The summed E-state index contributed by atoms with van der Waals surface area (Å²) < 4.78 is 0. The number of hydrogen-bond acceptors (Lipinski definition) is 3. The number of aliphatic carboxylic acids is 1. The summed E-state index contributed by atoms with van der Waals surface area (Å²) in [6.45, 7) is 1.39. The maximum Gasteiger partial charge on any atom is 0.326 e. The van der Waals surface area contributed by atoms with E-state index in [-0.39, 0.29) is 11.8 Å². The smallest absolute Gasteiger partial charge is 0.326 e. The van der Waals surface area contributed by atoms with Crippen LogP contribution in [0, 0.1) is 5.92 Å². The quantitative estimate of drug-likeness (QED) is 0.777. The van der Waals surface area contributed by atoms with Crippen LogP contribution in [0.3, 0.4) is 0 Å². The van der Waals surface area contributed by atoms with Gasteiger partial charge in [0.2, 0.25) is 5.91 Å². The van der Waals surface area contributed by atoms with Gasteiger partial charge in [-0.25, -0.2) is 4.79 Å². The Morgan fingerprint density at radius 2 is 1.87 bits per heavy atom. The summed E-state index contributed by atoms with van der Waals surface area (Å²) >= 11 is 0. The number of carbonyl (C=O) groups is 3. The molecule has 0 aliphatic heterocycles. The van der Waals surface area contributed by atoms with E-state index in [4.69, 9.17) is 0 Å². The molecule has 0 aromatic heterocycles. The van der Waals surface area contributed by atoms with E-state index in [2.05, 4.69) is 10.6 Å². The fourth-order valence-corrected chi connectivity index (χ4v) is 3.01. The second-order valence-corrected chi connectivity index (χ2v) is 5.95. The zero-order chi connectivity index (χ0) is 16.8. The minimum Gasteiger partial charge on any atom is -0.480 e. The molecule has 3 N–H and O–H groups in total. The van der Waals surface area contributed by atoms with Crippen molar-refractivity contribution < 1.29 is 19.5 Å². The molecule has 2 amide bonds. The molecule has 1 aromatic rings. The zero-order valence-corrected chi connectivity index (χ0v) is 13.2. The van der Waals surface area contributed by atoms with Gasteiger partial charge in [0.1, 0.15) is 6.04 Å². The molecule has 1 aromatic carbocycles. The maximum atomic E-state index is 12.4. The van der Waals surface area contributed by atoms with E-state index >= 15 is 0 Å². The third-order valence-electron chi connectivity index (χ3n) is 4.12. The molecule has 0 heterocycles.